The van der Waals surface area contributed by atoms with Gasteiger partial charge in [0.25, 0.3) is 0 Å². The number of hydrogen-bond acceptors (Lipinski definition) is 5. The summed E-state index contributed by atoms with van der Waals surface area (Å²) in [6.07, 6.45) is 5.01. The zero-order valence-corrected chi connectivity index (χ0v) is 25.0. The Hall–Kier alpha value is -2.74. The highest BCUT2D eigenvalue weighted by atomic mass is 16.3. The molecule has 5 rings (SSSR count). The fraction of sp³-hybridized carbons (Fsp3) is 0.588. The summed E-state index contributed by atoms with van der Waals surface area (Å²) >= 11 is 0. The quantitative estimate of drug-likeness (QED) is 0.347. The van der Waals surface area contributed by atoms with E-state index in [2.05, 4.69) is 53.6 Å². The summed E-state index contributed by atoms with van der Waals surface area (Å²) in [5.41, 5.74) is 3.09. The van der Waals surface area contributed by atoms with Crippen molar-refractivity contribution >= 4 is 11.8 Å². The van der Waals surface area contributed by atoms with Crippen molar-refractivity contribution in [2.24, 2.45) is 5.92 Å². The molecule has 222 valence electrons. The number of nitrogens with one attached hydrogen (secondary N) is 2. The zero-order chi connectivity index (χ0) is 29.0. The minimum absolute atomic E-state index is 0.115. The van der Waals surface area contributed by atoms with Crippen LogP contribution >= 0.6 is 0 Å². The van der Waals surface area contributed by atoms with Crippen molar-refractivity contribution in [3.8, 4) is 0 Å². The van der Waals surface area contributed by atoms with Crippen molar-refractivity contribution in [2.75, 3.05) is 26.2 Å². The lowest BCUT2D eigenvalue weighted by Gasteiger charge is -2.35. The van der Waals surface area contributed by atoms with E-state index < -0.39 is 23.7 Å². The van der Waals surface area contributed by atoms with Gasteiger partial charge in [-0.3, -0.25) is 14.5 Å². The monoisotopic (exact) mass is 560 g/mol. The Kier molecular flexibility index (Phi) is 9.47. The van der Waals surface area contributed by atoms with Gasteiger partial charge in [0.2, 0.25) is 11.8 Å². The van der Waals surface area contributed by atoms with Crippen molar-refractivity contribution in [3.05, 3.63) is 71.3 Å². The minimum atomic E-state index is -0.788. The second-order valence-corrected chi connectivity index (χ2v) is 12.9. The number of benzene rings is 2. The van der Waals surface area contributed by atoms with Crippen molar-refractivity contribution in [3.63, 3.8) is 0 Å². The van der Waals surface area contributed by atoms with Gasteiger partial charge in [-0.1, -0.05) is 68.4 Å². The van der Waals surface area contributed by atoms with Gasteiger partial charge in [0.05, 0.1) is 12.1 Å². The Labute approximate surface area is 245 Å². The Balaban J connectivity index is 1.21. The maximum atomic E-state index is 13.8. The molecule has 0 aromatic heterocycles. The molecule has 41 heavy (non-hydrogen) atoms. The van der Waals surface area contributed by atoms with Crippen LogP contribution < -0.4 is 10.6 Å². The third-order valence-corrected chi connectivity index (χ3v) is 9.46. The standard InChI is InChI=1S/C34H48N4O3/c1-24(2)29-12-7-11-28(19-29)21-35-22-31(39)30(20-26-9-5-4-6-10-26)36-32(40)25(3)38-18-16-34(33(38)41)15-8-17-37(34)23-27-13-14-27/h4-7,9-12,19,24-25,27,30-31,35,39H,8,13-18,20-23H2,1-3H3,(H,36,40)/t25-,30-,31+,34-/m0/s1. The highest BCUT2D eigenvalue weighted by molar-refractivity contribution is 5.94. The first-order valence-electron chi connectivity index (χ1n) is 15.6. The molecule has 0 bridgehead atoms. The van der Waals surface area contributed by atoms with E-state index in [4.69, 9.17) is 0 Å². The fourth-order valence-electron chi connectivity index (χ4n) is 6.65. The molecule has 2 aliphatic heterocycles. The molecule has 0 radical (unpaired) electrons. The molecule has 2 aromatic rings. The van der Waals surface area contributed by atoms with Crippen LogP contribution in [0, 0.1) is 5.92 Å². The van der Waals surface area contributed by atoms with Crippen LogP contribution in [0.5, 0.6) is 0 Å². The Bertz CT molecular complexity index is 1180. The second kappa shape index (κ2) is 13.1. The third kappa shape index (κ3) is 7.02. The van der Waals surface area contributed by atoms with E-state index in [0.717, 1.165) is 43.8 Å². The highest BCUT2D eigenvalue weighted by Gasteiger charge is 2.55. The van der Waals surface area contributed by atoms with Crippen LogP contribution in [0.2, 0.25) is 0 Å². The van der Waals surface area contributed by atoms with Gasteiger partial charge in [-0.2, -0.15) is 0 Å². The summed E-state index contributed by atoms with van der Waals surface area (Å²) in [6, 6.07) is 17.4. The average Bonchev–Trinajstić information content (AvgIpc) is 3.61. The molecule has 7 nitrogen and oxygen atoms in total. The maximum Gasteiger partial charge on any atom is 0.243 e. The normalized spacial score (nSPS) is 23.3. The molecule has 1 saturated carbocycles. The van der Waals surface area contributed by atoms with Crippen LogP contribution in [-0.2, 0) is 22.6 Å². The summed E-state index contributed by atoms with van der Waals surface area (Å²) in [7, 11) is 0. The molecule has 2 heterocycles. The molecule has 2 saturated heterocycles. The van der Waals surface area contributed by atoms with Gasteiger partial charge in [0.1, 0.15) is 11.6 Å². The van der Waals surface area contributed by atoms with Crippen LogP contribution in [0.3, 0.4) is 0 Å². The molecule has 2 amide bonds. The average molecular weight is 561 g/mol. The number of carbonyl (C=O) groups is 2. The molecule has 3 fully saturated rings. The Morgan fingerprint density at radius 3 is 2.51 bits per heavy atom. The van der Waals surface area contributed by atoms with E-state index in [0.29, 0.717) is 32.0 Å². The first kappa shape index (κ1) is 29.7. The summed E-state index contributed by atoms with van der Waals surface area (Å²) in [5.74, 6) is 1.11. The molecule has 1 aliphatic carbocycles. The van der Waals surface area contributed by atoms with E-state index in [1.165, 1.54) is 24.0 Å². The van der Waals surface area contributed by atoms with E-state index in [1.54, 1.807) is 4.90 Å². The lowest BCUT2D eigenvalue weighted by Crippen LogP contribution is -2.57. The summed E-state index contributed by atoms with van der Waals surface area (Å²) in [5, 5.41) is 17.8. The predicted molar refractivity (Wildman–Crippen MR) is 162 cm³/mol. The molecular weight excluding hydrogens is 512 g/mol. The van der Waals surface area contributed by atoms with Gasteiger partial charge in [-0.25, -0.2) is 0 Å². The summed E-state index contributed by atoms with van der Waals surface area (Å²) < 4.78 is 0. The number of aliphatic hydroxyl groups excluding tert-OH is 1. The van der Waals surface area contributed by atoms with Gasteiger partial charge in [-0.05, 0) is 80.5 Å². The van der Waals surface area contributed by atoms with Crippen LogP contribution in [-0.4, -0.2) is 76.6 Å². The zero-order valence-electron chi connectivity index (χ0n) is 25.0. The number of aliphatic hydroxyl groups is 1. The molecule has 7 heteroatoms. The Morgan fingerprint density at radius 2 is 1.78 bits per heavy atom. The third-order valence-electron chi connectivity index (χ3n) is 9.46. The second-order valence-electron chi connectivity index (χ2n) is 12.9. The molecule has 0 unspecified atom stereocenters. The van der Waals surface area contributed by atoms with E-state index in [-0.39, 0.29) is 11.8 Å². The van der Waals surface area contributed by atoms with Gasteiger partial charge in [-0.15, -0.1) is 0 Å². The van der Waals surface area contributed by atoms with Crippen LogP contribution in [0.1, 0.15) is 75.5 Å². The van der Waals surface area contributed by atoms with Crippen molar-refractivity contribution in [1.82, 2.24) is 20.4 Å². The predicted octanol–water partition coefficient (Wildman–Crippen LogP) is 3.85. The topological polar surface area (TPSA) is 84.9 Å². The van der Waals surface area contributed by atoms with Crippen LogP contribution in [0.4, 0.5) is 0 Å². The maximum absolute atomic E-state index is 13.8. The van der Waals surface area contributed by atoms with Gasteiger partial charge >= 0.3 is 0 Å². The number of hydrogen-bond donors (Lipinski definition) is 3. The number of amides is 2. The van der Waals surface area contributed by atoms with Crippen molar-refractivity contribution in [1.29, 1.82) is 0 Å². The van der Waals surface area contributed by atoms with Gasteiger partial charge in [0, 0.05) is 26.2 Å². The largest absolute Gasteiger partial charge is 0.390 e. The number of carbonyl (C=O) groups excluding carboxylic acids is 2. The number of likely N-dealkylation sites (tertiary alicyclic amines) is 2. The van der Waals surface area contributed by atoms with Gasteiger partial charge in [0.15, 0.2) is 0 Å². The number of rotatable bonds is 13. The van der Waals surface area contributed by atoms with E-state index >= 15 is 0 Å². The lowest BCUT2D eigenvalue weighted by atomic mass is 9.94. The van der Waals surface area contributed by atoms with Crippen LogP contribution in [0.15, 0.2) is 54.6 Å². The molecule has 2 aromatic carbocycles. The number of nitrogens with zero attached hydrogens (tertiary/aromatic N) is 2. The van der Waals surface area contributed by atoms with E-state index in [1.807, 2.05) is 37.3 Å². The first-order valence-corrected chi connectivity index (χ1v) is 15.6. The van der Waals surface area contributed by atoms with Crippen molar-refractivity contribution < 1.29 is 14.7 Å². The Morgan fingerprint density at radius 1 is 1.02 bits per heavy atom. The van der Waals surface area contributed by atoms with Crippen LogP contribution in [0.25, 0.3) is 0 Å². The smallest absolute Gasteiger partial charge is 0.243 e. The lowest BCUT2D eigenvalue weighted by molar-refractivity contribution is -0.143. The molecule has 3 N–H and O–H groups in total. The molecule has 1 spiro atoms. The molecule has 4 atom stereocenters. The van der Waals surface area contributed by atoms with Gasteiger partial charge < -0.3 is 20.6 Å². The summed E-state index contributed by atoms with van der Waals surface area (Å²) in [4.78, 5) is 31.6. The van der Waals surface area contributed by atoms with E-state index in [9.17, 15) is 14.7 Å². The highest BCUT2D eigenvalue weighted by Crippen LogP contribution is 2.42. The first-order chi connectivity index (χ1) is 19.8. The molecule has 3 aliphatic rings. The fourth-order valence-corrected chi connectivity index (χ4v) is 6.65. The minimum Gasteiger partial charge on any atom is -0.390 e. The SMILES string of the molecule is CC(C)c1cccc(CNC[C@@H](O)[C@H](Cc2ccccc2)NC(=O)[C@H](C)N2CC[C@@]3(CCCN3CC3CC3)C2=O)c1. The van der Waals surface area contributed by atoms with Crippen molar-refractivity contribution in [2.45, 2.75) is 95.5 Å². The summed E-state index contributed by atoms with van der Waals surface area (Å²) in [6.45, 7) is 9.79. The molecular formula is C34H48N4O3.